The van der Waals surface area contributed by atoms with Crippen LogP contribution in [0.4, 0.5) is 0 Å². The Morgan fingerprint density at radius 2 is 1.95 bits per heavy atom. The van der Waals surface area contributed by atoms with Gasteiger partial charge in [-0.2, -0.15) is 4.98 Å². The highest BCUT2D eigenvalue weighted by Crippen LogP contribution is 2.21. The van der Waals surface area contributed by atoms with E-state index in [1.807, 2.05) is 13.8 Å². The summed E-state index contributed by atoms with van der Waals surface area (Å²) in [5.74, 6) is -0.390. The molecule has 0 radical (unpaired) electrons. The Balaban J connectivity index is 3.25. The molecule has 0 aliphatic heterocycles. The first-order valence-electron chi connectivity index (χ1n) is 7.08. The number of carboxylic acids is 1. The van der Waals surface area contributed by atoms with Crippen molar-refractivity contribution in [2.45, 2.75) is 59.9 Å². The Morgan fingerprint density at radius 1 is 1.35 bits per heavy atom. The van der Waals surface area contributed by atoms with Crippen LogP contribution in [0, 0.1) is 19.8 Å². The van der Waals surface area contributed by atoms with Gasteiger partial charge >= 0.3 is 11.7 Å². The van der Waals surface area contributed by atoms with E-state index >= 15 is 0 Å². The fourth-order valence-electron chi connectivity index (χ4n) is 2.60. The first kappa shape index (κ1) is 16.4. The second kappa shape index (κ2) is 6.68. The van der Waals surface area contributed by atoms with Crippen LogP contribution in [0.3, 0.4) is 0 Å². The van der Waals surface area contributed by atoms with Crippen molar-refractivity contribution in [2.75, 3.05) is 0 Å². The van der Waals surface area contributed by atoms with Crippen molar-refractivity contribution in [3.05, 3.63) is 27.4 Å². The summed E-state index contributed by atoms with van der Waals surface area (Å²) in [6.07, 6.45) is 1.84. The van der Waals surface area contributed by atoms with Gasteiger partial charge in [-0.25, -0.2) is 4.79 Å². The Morgan fingerprint density at radius 3 is 2.45 bits per heavy atom. The molecular formula is C15H24N2O3. The number of hydrogen-bond donors (Lipinski definition) is 1. The number of aliphatic carboxylic acids is 1. The molecule has 2 unspecified atom stereocenters. The van der Waals surface area contributed by atoms with E-state index in [2.05, 4.69) is 18.8 Å². The summed E-state index contributed by atoms with van der Waals surface area (Å²) in [7, 11) is 0. The first-order chi connectivity index (χ1) is 9.27. The van der Waals surface area contributed by atoms with Crippen molar-refractivity contribution in [2.24, 2.45) is 5.92 Å². The van der Waals surface area contributed by atoms with E-state index < -0.39 is 5.97 Å². The van der Waals surface area contributed by atoms with E-state index in [0.29, 0.717) is 17.2 Å². The zero-order chi connectivity index (χ0) is 15.4. The molecule has 112 valence electrons. The van der Waals surface area contributed by atoms with E-state index in [-0.39, 0.29) is 18.2 Å². The van der Waals surface area contributed by atoms with Gasteiger partial charge in [0.1, 0.15) is 0 Å². The summed E-state index contributed by atoms with van der Waals surface area (Å²) in [5, 5.41) is 8.98. The molecule has 1 rings (SSSR count). The van der Waals surface area contributed by atoms with Crippen molar-refractivity contribution < 1.29 is 9.90 Å². The number of rotatable bonds is 6. The van der Waals surface area contributed by atoms with Crippen LogP contribution in [0.25, 0.3) is 0 Å². The van der Waals surface area contributed by atoms with Crippen LogP contribution in [-0.4, -0.2) is 20.6 Å². The fourth-order valence-corrected chi connectivity index (χ4v) is 2.60. The molecule has 0 aromatic carbocycles. The van der Waals surface area contributed by atoms with E-state index in [4.69, 9.17) is 5.11 Å². The smallest absolute Gasteiger partial charge is 0.348 e. The van der Waals surface area contributed by atoms with Crippen molar-refractivity contribution >= 4 is 5.97 Å². The van der Waals surface area contributed by atoms with Crippen molar-refractivity contribution in [3.63, 3.8) is 0 Å². The van der Waals surface area contributed by atoms with Crippen LogP contribution in [0.2, 0.25) is 0 Å². The summed E-state index contributed by atoms with van der Waals surface area (Å²) >= 11 is 0. The number of hydrogen-bond acceptors (Lipinski definition) is 3. The van der Waals surface area contributed by atoms with Gasteiger partial charge in [0.25, 0.3) is 0 Å². The van der Waals surface area contributed by atoms with Gasteiger partial charge in [-0.3, -0.25) is 9.36 Å². The third-order valence-electron chi connectivity index (χ3n) is 3.91. The molecular weight excluding hydrogens is 256 g/mol. The van der Waals surface area contributed by atoms with Crippen LogP contribution in [0.15, 0.2) is 4.79 Å². The van der Waals surface area contributed by atoms with Gasteiger partial charge in [-0.05, 0) is 33.1 Å². The van der Waals surface area contributed by atoms with E-state index in [0.717, 1.165) is 18.5 Å². The molecule has 5 heteroatoms. The number of carbonyl (C=O) groups is 1. The third-order valence-corrected chi connectivity index (χ3v) is 3.91. The van der Waals surface area contributed by atoms with Crippen LogP contribution < -0.4 is 5.69 Å². The quantitative estimate of drug-likeness (QED) is 0.869. The number of aromatic nitrogens is 2. The third kappa shape index (κ3) is 3.68. The topological polar surface area (TPSA) is 72.2 Å². The molecule has 0 bridgehead atoms. The zero-order valence-corrected chi connectivity index (χ0v) is 12.9. The molecule has 1 aromatic heterocycles. The zero-order valence-electron chi connectivity index (χ0n) is 12.9. The monoisotopic (exact) mass is 280 g/mol. The van der Waals surface area contributed by atoms with Gasteiger partial charge in [0, 0.05) is 23.0 Å². The Bertz CT molecular complexity index is 549. The molecule has 1 aromatic rings. The van der Waals surface area contributed by atoms with E-state index in [1.165, 1.54) is 0 Å². The Labute approximate surface area is 119 Å². The van der Waals surface area contributed by atoms with Crippen molar-refractivity contribution in [3.8, 4) is 0 Å². The molecule has 1 heterocycles. The maximum absolute atomic E-state index is 12.1. The molecule has 0 saturated carbocycles. The standard InChI is InChI=1S/C15H24N2O3/c1-6-9(2)7-10(3)17-12(5)13(8-14(18)19)11(4)16-15(17)20/h9-10H,6-8H2,1-5H3,(H,18,19). The van der Waals surface area contributed by atoms with Gasteiger partial charge in [0.15, 0.2) is 0 Å². The summed E-state index contributed by atoms with van der Waals surface area (Å²) in [5.41, 5.74) is 1.60. The van der Waals surface area contributed by atoms with Gasteiger partial charge in [-0.1, -0.05) is 20.3 Å². The average Bonchev–Trinajstić information content (AvgIpc) is 2.33. The highest BCUT2D eigenvalue weighted by molar-refractivity contribution is 5.70. The van der Waals surface area contributed by atoms with Crippen LogP contribution in [0.1, 0.15) is 56.6 Å². The lowest BCUT2D eigenvalue weighted by atomic mass is 9.99. The van der Waals surface area contributed by atoms with Gasteiger partial charge < -0.3 is 5.11 Å². The SMILES string of the molecule is CCC(C)CC(C)n1c(C)c(CC(=O)O)c(C)nc1=O. The molecule has 0 aliphatic rings. The number of nitrogens with zero attached hydrogens (tertiary/aromatic N) is 2. The summed E-state index contributed by atoms with van der Waals surface area (Å²) in [6.45, 7) is 9.76. The van der Waals surface area contributed by atoms with Gasteiger partial charge in [-0.15, -0.1) is 0 Å². The molecule has 0 spiro atoms. The maximum atomic E-state index is 12.1. The fraction of sp³-hybridized carbons (Fsp3) is 0.667. The van der Waals surface area contributed by atoms with E-state index in [9.17, 15) is 9.59 Å². The van der Waals surface area contributed by atoms with Crippen LogP contribution >= 0.6 is 0 Å². The number of aryl methyl sites for hydroxylation is 1. The Hall–Kier alpha value is -1.65. The highest BCUT2D eigenvalue weighted by Gasteiger charge is 2.18. The molecule has 1 N–H and O–H groups in total. The predicted molar refractivity (Wildman–Crippen MR) is 78.1 cm³/mol. The molecule has 20 heavy (non-hydrogen) atoms. The minimum atomic E-state index is -0.905. The van der Waals surface area contributed by atoms with E-state index in [1.54, 1.807) is 11.5 Å². The highest BCUT2D eigenvalue weighted by atomic mass is 16.4. The van der Waals surface area contributed by atoms with Gasteiger partial charge in [0.2, 0.25) is 0 Å². The van der Waals surface area contributed by atoms with Crippen molar-refractivity contribution in [1.82, 2.24) is 9.55 Å². The second-order valence-corrected chi connectivity index (χ2v) is 5.58. The molecule has 0 fully saturated rings. The largest absolute Gasteiger partial charge is 0.481 e. The Kier molecular flexibility index (Phi) is 5.48. The minimum Gasteiger partial charge on any atom is -0.481 e. The molecule has 0 aliphatic carbocycles. The predicted octanol–water partition coefficient (Wildman–Crippen LogP) is 2.48. The van der Waals surface area contributed by atoms with Crippen LogP contribution in [-0.2, 0) is 11.2 Å². The molecule has 5 nitrogen and oxygen atoms in total. The lowest BCUT2D eigenvalue weighted by Crippen LogP contribution is -2.31. The minimum absolute atomic E-state index is 0.0260. The first-order valence-corrected chi connectivity index (χ1v) is 7.08. The second-order valence-electron chi connectivity index (χ2n) is 5.58. The summed E-state index contributed by atoms with van der Waals surface area (Å²) in [6, 6.07) is 0.0260. The lowest BCUT2D eigenvalue weighted by Gasteiger charge is -2.22. The van der Waals surface area contributed by atoms with Gasteiger partial charge in [0.05, 0.1) is 6.42 Å². The average molecular weight is 280 g/mol. The molecule has 2 atom stereocenters. The van der Waals surface area contributed by atoms with Crippen molar-refractivity contribution in [1.29, 1.82) is 0 Å². The summed E-state index contributed by atoms with van der Waals surface area (Å²) < 4.78 is 1.64. The number of carboxylic acid groups (broad SMARTS) is 1. The summed E-state index contributed by atoms with van der Waals surface area (Å²) in [4.78, 5) is 27.0. The molecule has 0 saturated heterocycles. The lowest BCUT2D eigenvalue weighted by molar-refractivity contribution is -0.136. The van der Waals surface area contributed by atoms with Crippen LogP contribution in [0.5, 0.6) is 0 Å². The molecule has 0 amide bonds. The normalized spacial score (nSPS) is 14.1. The maximum Gasteiger partial charge on any atom is 0.348 e.